The number of rotatable bonds is 9. The molecule has 0 saturated heterocycles. The van der Waals surface area contributed by atoms with Crippen LogP contribution in [0.1, 0.15) is 27.2 Å². The van der Waals surface area contributed by atoms with Crippen LogP contribution in [0.2, 0.25) is 0 Å². The summed E-state index contributed by atoms with van der Waals surface area (Å²) in [4.78, 5) is 51.6. The molecule has 2 aromatic rings. The lowest BCUT2D eigenvalue weighted by atomic mass is 10.0. The number of nitrogens with zero attached hydrogens (tertiary/aromatic N) is 1. The third kappa shape index (κ3) is 7.24. The summed E-state index contributed by atoms with van der Waals surface area (Å²) in [5.74, 6) is -5.25. The number of halogens is 2. The lowest BCUT2D eigenvalue weighted by molar-refractivity contribution is -0.146. The van der Waals surface area contributed by atoms with E-state index in [2.05, 4.69) is 15.6 Å². The van der Waals surface area contributed by atoms with E-state index in [9.17, 15) is 28.0 Å². The number of hydrogen-bond donors (Lipinski definition) is 3. The molecule has 0 aliphatic rings. The molecule has 0 bridgehead atoms. The number of hydrogen-bond acceptors (Lipinski definition) is 7. The van der Waals surface area contributed by atoms with Crippen LogP contribution in [0.4, 0.5) is 14.5 Å². The smallest absolute Gasteiger partial charge is 0.316 e. The van der Waals surface area contributed by atoms with E-state index in [-0.39, 0.29) is 17.0 Å². The number of carbonyl (C=O) groups excluding carboxylic acids is 4. The summed E-state index contributed by atoms with van der Waals surface area (Å²) in [5.41, 5.74) is 7.85. The highest BCUT2D eigenvalue weighted by Gasteiger charge is 2.19. The van der Waals surface area contributed by atoms with Crippen LogP contribution in [0.5, 0.6) is 0 Å². The van der Waals surface area contributed by atoms with E-state index in [0.29, 0.717) is 16.3 Å². The van der Waals surface area contributed by atoms with E-state index in [4.69, 9.17) is 10.5 Å². The highest BCUT2D eigenvalue weighted by atomic mass is 32.2. The Morgan fingerprint density at radius 2 is 1.76 bits per heavy atom. The Morgan fingerprint density at radius 1 is 1.06 bits per heavy atom. The number of pyridine rings is 1. The van der Waals surface area contributed by atoms with Crippen molar-refractivity contribution in [3.63, 3.8) is 0 Å². The molecule has 1 aromatic carbocycles. The van der Waals surface area contributed by atoms with Gasteiger partial charge in [0, 0.05) is 17.4 Å². The van der Waals surface area contributed by atoms with Crippen molar-refractivity contribution in [1.82, 2.24) is 10.3 Å². The number of aromatic nitrogens is 1. The number of primary amides is 1. The second-order valence-corrected chi connectivity index (χ2v) is 7.86. The maximum absolute atomic E-state index is 13.1. The number of aryl methyl sites for hydroxylation is 1. The molecule has 33 heavy (non-hydrogen) atoms. The first-order chi connectivity index (χ1) is 15.5. The third-order valence-corrected chi connectivity index (χ3v) is 5.50. The Kier molecular flexibility index (Phi) is 8.85. The number of thioether (sulfide) groups is 1. The van der Waals surface area contributed by atoms with Gasteiger partial charge in [-0.3, -0.25) is 19.2 Å². The molecule has 9 nitrogen and oxygen atoms in total. The van der Waals surface area contributed by atoms with Crippen molar-refractivity contribution < 1.29 is 32.7 Å². The molecule has 2 rings (SSSR count). The van der Waals surface area contributed by atoms with Crippen LogP contribution in [0.15, 0.2) is 23.2 Å². The van der Waals surface area contributed by atoms with Gasteiger partial charge < -0.3 is 21.1 Å². The Bertz CT molecular complexity index is 1110. The van der Waals surface area contributed by atoms with Gasteiger partial charge in [0.1, 0.15) is 5.03 Å². The van der Waals surface area contributed by atoms with Crippen molar-refractivity contribution >= 4 is 41.1 Å². The number of ether oxygens (including phenoxy) is 1. The fourth-order valence-electron chi connectivity index (χ4n) is 2.63. The Labute approximate surface area is 192 Å². The van der Waals surface area contributed by atoms with Crippen molar-refractivity contribution in [1.29, 1.82) is 0 Å². The van der Waals surface area contributed by atoms with Crippen LogP contribution >= 0.6 is 11.8 Å². The van der Waals surface area contributed by atoms with Crippen molar-refractivity contribution in [2.45, 2.75) is 25.8 Å². The zero-order chi connectivity index (χ0) is 24.7. The first-order valence-corrected chi connectivity index (χ1v) is 10.6. The second kappa shape index (κ2) is 11.4. The molecule has 0 fully saturated rings. The van der Waals surface area contributed by atoms with Gasteiger partial charge in [0.05, 0.1) is 17.9 Å². The summed E-state index contributed by atoms with van der Waals surface area (Å²) < 4.78 is 30.9. The molecule has 0 aliphatic heterocycles. The number of carbonyl (C=O) groups is 4. The van der Waals surface area contributed by atoms with Gasteiger partial charge in [-0.25, -0.2) is 13.8 Å². The second-order valence-electron chi connectivity index (χ2n) is 6.89. The van der Waals surface area contributed by atoms with E-state index >= 15 is 0 Å². The molecule has 0 spiro atoms. The minimum absolute atomic E-state index is 0.0159. The molecule has 176 valence electrons. The molecular weight excluding hydrogens is 458 g/mol. The maximum Gasteiger partial charge on any atom is 0.316 e. The zero-order valence-electron chi connectivity index (χ0n) is 18.1. The summed E-state index contributed by atoms with van der Waals surface area (Å²) in [7, 11) is 0. The molecule has 12 heteroatoms. The normalized spacial score (nSPS) is 10.5. The van der Waals surface area contributed by atoms with E-state index in [1.807, 2.05) is 6.92 Å². The van der Waals surface area contributed by atoms with Crippen LogP contribution in [-0.4, -0.2) is 47.6 Å². The molecule has 0 atom stereocenters. The lowest BCUT2D eigenvalue weighted by Crippen LogP contribution is -2.35. The molecule has 0 saturated carbocycles. The van der Waals surface area contributed by atoms with Gasteiger partial charge in [-0.05, 0) is 44.0 Å². The van der Waals surface area contributed by atoms with Gasteiger partial charge >= 0.3 is 5.97 Å². The number of anilines is 1. The predicted molar refractivity (Wildman–Crippen MR) is 117 cm³/mol. The highest BCUT2D eigenvalue weighted by molar-refractivity contribution is 8.00. The van der Waals surface area contributed by atoms with E-state index in [1.54, 1.807) is 13.8 Å². The molecule has 0 aliphatic carbocycles. The molecule has 1 heterocycles. The molecule has 3 amide bonds. The van der Waals surface area contributed by atoms with Crippen LogP contribution in [0.3, 0.4) is 0 Å². The molecule has 1 aromatic heterocycles. The number of esters is 1. The number of benzene rings is 1. The van der Waals surface area contributed by atoms with Crippen LogP contribution in [0.25, 0.3) is 0 Å². The van der Waals surface area contributed by atoms with Crippen LogP contribution in [-0.2, 0) is 19.1 Å². The van der Waals surface area contributed by atoms with Gasteiger partial charge in [-0.15, -0.1) is 0 Å². The largest absolute Gasteiger partial charge is 0.455 e. The summed E-state index contributed by atoms with van der Waals surface area (Å²) in [6.07, 6.45) is 0. The minimum atomic E-state index is -1.13. The van der Waals surface area contributed by atoms with Crippen molar-refractivity contribution in [3.8, 4) is 0 Å². The predicted octanol–water partition coefficient (Wildman–Crippen LogP) is 1.77. The van der Waals surface area contributed by atoms with Gasteiger partial charge in [0.2, 0.25) is 5.91 Å². The van der Waals surface area contributed by atoms with E-state index in [0.717, 1.165) is 35.5 Å². The summed E-state index contributed by atoms with van der Waals surface area (Å²) in [6, 6.07) is 2.80. The van der Waals surface area contributed by atoms with E-state index < -0.39 is 48.5 Å². The van der Waals surface area contributed by atoms with Gasteiger partial charge in [-0.2, -0.15) is 0 Å². The van der Waals surface area contributed by atoms with Crippen LogP contribution < -0.4 is 16.4 Å². The average molecular weight is 480 g/mol. The maximum atomic E-state index is 13.1. The Balaban J connectivity index is 1.79. The Morgan fingerprint density at radius 3 is 2.39 bits per heavy atom. The van der Waals surface area contributed by atoms with Gasteiger partial charge in [0.25, 0.3) is 11.8 Å². The monoisotopic (exact) mass is 480 g/mol. The van der Waals surface area contributed by atoms with Crippen molar-refractivity contribution in [2.75, 3.05) is 24.2 Å². The van der Waals surface area contributed by atoms with Gasteiger partial charge in [0.15, 0.2) is 18.2 Å². The Hall–Kier alpha value is -3.54. The average Bonchev–Trinajstić information content (AvgIpc) is 2.75. The molecule has 0 unspecified atom stereocenters. The van der Waals surface area contributed by atoms with E-state index in [1.165, 1.54) is 0 Å². The fraction of sp³-hybridized carbons (Fsp3) is 0.286. The first kappa shape index (κ1) is 25.7. The fourth-order valence-corrected chi connectivity index (χ4v) is 3.57. The molecular formula is C21H22F2N4O5S. The first-order valence-electron chi connectivity index (χ1n) is 9.57. The molecule has 4 N–H and O–H groups in total. The summed E-state index contributed by atoms with van der Waals surface area (Å²) in [6.45, 7) is 4.20. The van der Waals surface area contributed by atoms with Crippen molar-refractivity contribution in [3.05, 3.63) is 52.2 Å². The third-order valence-electron chi connectivity index (χ3n) is 4.55. The minimum Gasteiger partial charge on any atom is -0.455 e. The van der Waals surface area contributed by atoms with Crippen LogP contribution in [0, 0.1) is 32.4 Å². The summed E-state index contributed by atoms with van der Waals surface area (Å²) >= 11 is 0.954. The number of amides is 3. The topological polar surface area (TPSA) is 140 Å². The quantitative estimate of drug-likeness (QED) is 0.367. The van der Waals surface area contributed by atoms with Crippen molar-refractivity contribution in [2.24, 2.45) is 5.73 Å². The number of nitrogens with two attached hydrogens (primary N) is 1. The lowest BCUT2D eigenvalue weighted by Gasteiger charge is -2.13. The van der Waals surface area contributed by atoms with Gasteiger partial charge in [-0.1, -0.05) is 11.8 Å². The zero-order valence-corrected chi connectivity index (χ0v) is 18.9. The SMILES string of the molecule is Cc1nc(SCC(=O)OCC(=O)NCC(=O)Nc2ccc(F)c(F)c2)c(C(N)=O)c(C)c1C. The molecule has 0 radical (unpaired) electrons. The summed E-state index contributed by atoms with van der Waals surface area (Å²) in [5, 5.41) is 4.80. The number of nitrogens with one attached hydrogen (secondary N) is 2. The standard InChI is InChI=1S/C21H22F2N4O5S/c1-10-11(2)19(20(24)31)21(26-12(10)3)33-9-18(30)32-8-17(29)25-7-16(28)27-13-4-5-14(22)15(23)6-13/h4-6H,7-9H2,1-3H3,(H2,24,31)(H,25,29)(H,27,28). The highest BCUT2D eigenvalue weighted by Crippen LogP contribution is 2.26.